The van der Waals surface area contributed by atoms with Crippen molar-refractivity contribution in [3.63, 3.8) is 0 Å². The van der Waals surface area contributed by atoms with E-state index in [1.165, 1.54) is 17.7 Å². The maximum Gasteiger partial charge on any atom is 0.239 e. The van der Waals surface area contributed by atoms with Gasteiger partial charge < -0.3 is 5.32 Å². The van der Waals surface area contributed by atoms with Gasteiger partial charge in [0.2, 0.25) is 5.91 Å². The molecule has 6 nitrogen and oxygen atoms in total. The zero-order chi connectivity index (χ0) is 17.9. The van der Waals surface area contributed by atoms with Crippen molar-refractivity contribution < 1.29 is 4.79 Å². The van der Waals surface area contributed by atoms with E-state index in [0.717, 1.165) is 38.5 Å². The summed E-state index contributed by atoms with van der Waals surface area (Å²) in [7, 11) is 0. The van der Waals surface area contributed by atoms with Crippen LogP contribution < -0.4 is 5.32 Å². The van der Waals surface area contributed by atoms with E-state index in [4.69, 9.17) is 0 Å². The molecule has 0 bridgehead atoms. The van der Waals surface area contributed by atoms with Gasteiger partial charge in [-0.15, -0.1) is 11.3 Å². The molecule has 26 heavy (non-hydrogen) atoms. The Bertz CT molecular complexity index is 716. The van der Waals surface area contributed by atoms with Gasteiger partial charge in [0.1, 0.15) is 5.82 Å². The zero-order valence-electron chi connectivity index (χ0n) is 15.3. The van der Waals surface area contributed by atoms with E-state index in [-0.39, 0.29) is 5.91 Å². The number of hydrogen-bond acceptors (Lipinski definition) is 5. The van der Waals surface area contributed by atoms with Crippen molar-refractivity contribution in [3.8, 4) is 0 Å². The molecule has 1 saturated heterocycles. The molecule has 2 aliphatic rings. The minimum Gasteiger partial charge on any atom is -0.310 e. The Morgan fingerprint density at radius 1 is 1.27 bits per heavy atom. The van der Waals surface area contributed by atoms with Crippen LogP contribution in [0.1, 0.15) is 30.7 Å². The summed E-state index contributed by atoms with van der Waals surface area (Å²) < 4.78 is 1.97. The first-order valence-corrected chi connectivity index (χ1v) is 10.4. The van der Waals surface area contributed by atoms with Crippen LogP contribution in [0.2, 0.25) is 0 Å². The third-order valence-electron chi connectivity index (χ3n) is 5.42. The predicted octanol–water partition coefficient (Wildman–Crippen LogP) is 2.67. The van der Waals surface area contributed by atoms with Gasteiger partial charge in [0.15, 0.2) is 0 Å². The smallest absolute Gasteiger partial charge is 0.239 e. The van der Waals surface area contributed by atoms with E-state index >= 15 is 0 Å². The van der Waals surface area contributed by atoms with E-state index in [1.807, 2.05) is 22.1 Å². The van der Waals surface area contributed by atoms with Crippen LogP contribution in [0.15, 0.2) is 29.8 Å². The lowest BCUT2D eigenvalue weighted by Gasteiger charge is -2.34. The molecule has 1 saturated carbocycles. The number of anilines is 1. The van der Waals surface area contributed by atoms with Crippen LogP contribution in [0.25, 0.3) is 0 Å². The summed E-state index contributed by atoms with van der Waals surface area (Å²) in [6.07, 6.45) is 4.31. The number of amides is 1. The van der Waals surface area contributed by atoms with Gasteiger partial charge in [-0.1, -0.05) is 6.07 Å². The molecule has 1 atom stereocenters. The average Bonchev–Trinajstić information content (AvgIpc) is 3.17. The highest BCUT2D eigenvalue weighted by atomic mass is 32.1. The van der Waals surface area contributed by atoms with Gasteiger partial charge in [0.05, 0.1) is 18.8 Å². The fourth-order valence-electron chi connectivity index (χ4n) is 3.63. The lowest BCUT2D eigenvalue weighted by atomic mass is 10.2. The van der Waals surface area contributed by atoms with E-state index < -0.39 is 0 Å². The van der Waals surface area contributed by atoms with E-state index in [0.29, 0.717) is 18.5 Å². The van der Waals surface area contributed by atoms with Crippen LogP contribution in [0.5, 0.6) is 0 Å². The predicted molar refractivity (Wildman–Crippen MR) is 104 cm³/mol. The molecular weight excluding hydrogens is 346 g/mol. The van der Waals surface area contributed by atoms with E-state index in [2.05, 4.69) is 44.7 Å². The van der Waals surface area contributed by atoms with Crippen molar-refractivity contribution in [3.05, 3.63) is 34.7 Å². The molecule has 2 aromatic rings. The summed E-state index contributed by atoms with van der Waals surface area (Å²) in [6.45, 7) is 7.58. The largest absolute Gasteiger partial charge is 0.310 e. The quantitative estimate of drug-likeness (QED) is 0.811. The number of nitrogens with zero attached hydrogens (tertiary/aromatic N) is 4. The van der Waals surface area contributed by atoms with Crippen molar-refractivity contribution in [2.24, 2.45) is 5.92 Å². The monoisotopic (exact) mass is 373 g/mol. The molecule has 1 aliphatic carbocycles. The molecule has 1 amide bonds. The molecule has 140 valence electrons. The Morgan fingerprint density at radius 3 is 2.73 bits per heavy atom. The minimum atomic E-state index is 0.0569. The summed E-state index contributed by atoms with van der Waals surface area (Å²) in [6, 6.07) is 6.56. The highest BCUT2D eigenvalue weighted by Crippen LogP contribution is 2.40. The van der Waals surface area contributed by atoms with Gasteiger partial charge in [0, 0.05) is 43.7 Å². The van der Waals surface area contributed by atoms with Gasteiger partial charge in [0.25, 0.3) is 0 Å². The van der Waals surface area contributed by atoms with Crippen molar-refractivity contribution in [2.45, 2.75) is 32.4 Å². The highest BCUT2D eigenvalue weighted by molar-refractivity contribution is 7.09. The maximum atomic E-state index is 12.5. The summed E-state index contributed by atoms with van der Waals surface area (Å²) in [4.78, 5) is 18.6. The van der Waals surface area contributed by atoms with E-state index in [1.54, 1.807) is 6.20 Å². The Hall–Kier alpha value is -1.70. The number of carbonyl (C=O) groups excluding carboxylic acids is 1. The molecule has 0 spiro atoms. The Balaban J connectivity index is 1.24. The lowest BCUT2D eigenvalue weighted by molar-refractivity contribution is -0.117. The molecule has 2 fully saturated rings. The van der Waals surface area contributed by atoms with Crippen LogP contribution >= 0.6 is 11.3 Å². The normalized spacial score (nSPS) is 20.2. The van der Waals surface area contributed by atoms with Crippen molar-refractivity contribution in [1.82, 2.24) is 19.6 Å². The second-order valence-electron chi connectivity index (χ2n) is 7.42. The van der Waals surface area contributed by atoms with Crippen molar-refractivity contribution in [2.75, 3.05) is 38.0 Å². The molecule has 0 aromatic carbocycles. The Morgan fingerprint density at radius 2 is 2.04 bits per heavy atom. The number of rotatable bonds is 7. The molecule has 1 aliphatic heterocycles. The van der Waals surface area contributed by atoms with Crippen LogP contribution in [0.3, 0.4) is 0 Å². The maximum absolute atomic E-state index is 12.5. The molecule has 7 heteroatoms. The van der Waals surface area contributed by atoms with Gasteiger partial charge >= 0.3 is 0 Å². The molecule has 1 unspecified atom stereocenters. The highest BCUT2D eigenvalue weighted by Gasteiger charge is 2.31. The Kier molecular flexibility index (Phi) is 5.38. The molecule has 2 aromatic heterocycles. The number of thiophene rings is 1. The molecular formula is C19H27N5OS. The van der Waals surface area contributed by atoms with Crippen LogP contribution in [0.4, 0.5) is 5.82 Å². The van der Waals surface area contributed by atoms with Crippen LogP contribution in [-0.4, -0.2) is 58.2 Å². The second-order valence-corrected chi connectivity index (χ2v) is 8.45. The molecule has 1 N–H and O–H groups in total. The Labute approximate surface area is 158 Å². The fourth-order valence-corrected chi connectivity index (χ4v) is 4.38. The fraction of sp³-hybridized carbons (Fsp3) is 0.579. The van der Waals surface area contributed by atoms with Crippen LogP contribution in [-0.2, 0) is 11.3 Å². The van der Waals surface area contributed by atoms with Gasteiger partial charge in [-0.25, -0.2) is 4.68 Å². The topological polar surface area (TPSA) is 53.4 Å². The first-order chi connectivity index (χ1) is 12.7. The average molecular weight is 374 g/mol. The van der Waals surface area contributed by atoms with Crippen LogP contribution in [0, 0.1) is 5.92 Å². The first kappa shape index (κ1) is 17.7. The molecule has 3 heterocycles. The van der Waals surface area contributed by atoms with Gasteiger partial charge in [-0.05, 0) is 37.1 Å². The third kappa shape index (κ3) is 4.34. The summed E-state index contributed by atoms with van der Waals surface area (Å²) >= 11 is 1.81. The number of nitrogens with one attached hydrogen (secondary N) is 1. The lowest BCUT2D eigenvalue weighted by Crippen LogP contribution is -2.48. The zero-order valence-corrected chi connectivity index (χ0v) is 16.1. The SMILES string of the molecule is CC(C1CC1)n1nccc1NC(=O)CN1CCN(Cc2cccs2)CC1. The number of hydrogen-bond donors (Lipinski definition) is 1. The number of piperazine rings is 1. The number of carbonyl (C=O) groups is 1. The standard InChI is InChI=1S/C19H27N5OS/c1-15(16-4-5-16)24-18(6-7-20-24)21-19(25)14-23-10-8-22(9-11-23)13-17-3-2-12-26-17/h2-3,6-7,12,15-16H,4-5,8-11,13-14H2,1H3,(H,21,25). The van der Waals surface area contributed by atoms with Crippen molar-refractivity contribution in [1.29, 1.82) is 0 Å². The summed E-state index contributed by atoms with van der Waals surface area (Å²) in [5, 5.41) is 9.59. The van der Waals surface area contributed by atoms with Gasteiger partial charge in [-0.2, -0.15) is 5.10 Å². The second kappa shape index (κ2) is 7.90. The van der Waals surface area contributed by atoms with Gasteiger partial charge in [-0.3, -0.25) is 14.6 Å². The van der Waals surface area contributed by atoms with E-state index in [9.17, 15) is 4.79 Å². The molecule has 4 rings (SSSR count). The summed E-state index contributed by atoms with van der Waals surface area (Å²) in [5.74, 6) is 1.59. The molecule has 0 radical (unpaired) electrons. The third-order valence-corrected chi connectivity index (χ3v) is 6.28. The number of aromatic nitrogens is 2. The summed E-state index contributed by atoms with van der Waals surface area (Å²) in [5.41, 5.74) is 0. The van der Waals surface area contributed by atoms with Crippen molar-refractivity contribution >= 4 is 23.1 Å². The minimum absolute atomic E-state index is 0.0569. The first-order valence-electron chi connectivity index (χ1n) is 9.49.